The maximum atomic E-state index is 14.0. The molecular weight excluding hydrogens is 601 g/mol. The first kappa shape index (κ1) is 32.2. The summed E-state index contributed by atoms with van der Waals surface area (Å²) in [5, 5.41) is 16.2. The van der Waals surface area contributed by atoms with Crippen LogP contribution in [-0.2, 0) is 18.0 Å². The third-order valence-corrected chi connectivity index (χ3v) is 8.23. The largest absolute Gasteiger partial charge is 0.416 e. The summed E-state index contributed by atoms with van der Waals surface area (Å²) in [6.45, 7) is 4.23. The second-order valence-electron chi connectivity index (χ2n) is 12.0. The molecule has 1 saturated heterocycles. The number of carbonyl (C=O) groups excluding carboxylic acids is 2. The molecule has 2 amide bonds. The Morgan fingerprint density at radius 3 is 2.43 bits per heavy atom. The van der Waals surface area contributed by atoms with Crippen LogP contribution in [-0.4, -0.2) is 86.7 Å². The van der Waals surface area contributed by atoms with Gasteiger partial charge in [-0.3, -0.25) is 19.1 Å². The number of likely N-dealkylation sites (N-methyl/N-ethyl adjacent to an activating group) is 1. The number of carbonyl (C=O) groups is 2. The van der Waals surface area contributed by atoms with E-state index in [1.54, 1.807) is 42.2 Å². The topological polar surface area (TPSA) is 118 Å². The van der Waals surface area contributed by atoms with Gasteiger partial charge in [-0.2, -0.15) is 23.5 Å². The van der Waals surface area contributed by atoms with Crippen LogP contribution in [0.3, 0.4) is 0 Å². The number of hydrogen-bond acceptors (Lipinski definition) is 5. The smallest absolute Gasteiger partial charge is 0.340 e. The maximum absolute atomic E-state index is 14.0. The number of nitrogens with zero attached hydrogens (tertiary/aromatic N) is 7. The molecule has 1 aliphatic heterocycles. The van der Waals surface area contributed by atoms with Gasteiger partial charge in [0.2, 0.25) is 5.91 Å². The molecule has 0 bridgehead atoms. The van der Waals surface area contributed by atoms with Crippen LogP contribution < -0.4 is 10.9 Å². The van der Waals surface area contributed by atoms with E-state index in [0.29, 0.717) is 24.3 Å². The van der Waals surface area contributed by atoms with Crippen LogP contribution in [0, 0.1) is 11.3 Å². The van der Waals surface area contributed by atoms with Gasteiger partial charge >= 0.3 is 6.18 Å². The lowest BCUT2D eigenvalue weighted by atomic mass is 10.1. The number of halogens is 3. The molecule has 5 rings (SSSR count). The Morgan fingerprint density at radius 2 is 1.76 bits per heavy atom. The number of amides is 2. The van der Waals surface area contributed by atoms with Crippen LogP contribution in [0.1, 0.15) is 34.8 Å². The molecular formula is C32H34F3N8O3+. The van der Waals surface area contributed by atoms with Crippen molar-refractivity contribution in [3.8, 4) is 28.8 Å². The van der Waals surface area contributed by atoms with Crippen molar-refractivity contribution in [1.29, 1.82) is 5.26 Å². The third kappa shape index (κ3) is 6.32. The minimum atomic E-state index is -4.67. The molecule has 11 nitrogen and oxygen atoms in total. The molecule has 240 valence electrons. The Labute approximate surface area is 263 Å². The monoisotopic (exact) mass is 635 g/mol. The van der Waals surface area contributed by atoms with Gasteiger partial charge in [-0.1, -0.05) is 6.07 Å². The van der Waals surface area contributed by atoms with E-state index in [1.165, 1.54) is 34.7 Å². The molecule has 0 aliphatic carbocycles. The number of hydrogen-bond donors (Lipinski definition) is 1. The molecule has 4 aromatic rings. The molecule has 2 aromatic heterocycles. The zero-order valence-corrected chi connectivity index (χ0v) is 25.9. The summed E-state index contributed by atoms with van der Waals surface area (Å²) in [5.74, 6) is -1.16. The molecule has 46 heavy (non-hydrogen) atoms. The number of rotatable bonds is 6. The van der Waals surface area contributed by atoms with Gasteiger partial charge in [0.1, 0.15) is 17.3 Å². The summed E-state index contributed by atoms with van der Waals surface area (Å²) in [4.78, 5) is 43.1. The van der Waals surface area contributed by atoms with E-state index in [0.717, 1.165) is 40.8 Å². The highest BCUT2D eigenvalue weighted by Crippen LogP contribution is 2.31. The van der Waals surface area contributed by atoms with Crippen molar-refractivity contribution < 1.29 is 27.2 Å². The molecule has 1 aliphatic rings. The third-order valence-electron chi connectivity index (χ3n) is 8.23. The first-order valence-corrected chi connectivity index (χ1v) is 14.7. The quantitative estimate of drug-likeness (QED) is 0.326. The number of nitrogens with one attached hydrogen (secondary N) is 1. The second kappa shape index (κ2) is 12.3. The standard InChI is InChI=1S/C32H33F3N8O3/c1-21(30(45)40-15-6-17-43(3,4)18-16-40)38-29(44)27-28(26-13-14-37-41(26)24-11-9-22(20-36)10-12-24)39(2)42(31(27)46)25-8-5-7-23(19-25)32(33,34)35/h5,7-14,19,21H,6,15-18H2,1-4H3/p+1. The van der Waals surface area contributed by atoms with Crippen molar-refractivity contribution in [2.24, 2.45) is 7.05 Å². The fourth-order valence-corrected chi connectivity index (χ4v) is 5.70. The summed E-state index contributed by atoms with van der Waals surface area (Å²) in [6.07, 6.45) is -2.42. The fourth-order valence-electron chi connectivity index (χ4n) is 5.70. The predicted molar refractivity (Wildman–Crippen MR) is 163 cm³/mol. The van der Waals surface area contributed by atoms with E-state index in [-0.39, 0.29) is 28.5 Å². The summed E-state index contributed by atoms with van der Waals surface area (Å²) < 4.78 is 45.4. The number of nitriles is 1. The summed E-state index contributed by atoms with van der Waals surface area (Å²) in [7, 11) is 5.64. The van der Waals surface area contributed by atoms with Crippen LogP contribution in [0.2, 0.25) is 0 Å². The number of aromatic nitrogens is 4. The van der Waals surface area contributed by atoms with Crippen LogP contribution in [0.25, 0.3) is 22.8 Å². The molecule has 0 spiro atoms. The van der Waals surface area contributed by atoms with Gasteiger partial charge in [0, 0.05) is 20.0 Å². The Balaban J connectivity index is 1.60. The van der Waals surface area contributed by atoms with E-state index in [9.17, 15) is 32.8 Å². The average Bonchev–Trinajstić information content (AvgIpc) is 3.53. The van der Waals surface area contributed by atoms with Gasteiger partial charge in [0.05, 0.1) is 74.2 Å². The summed E-state index contributed by atoms with van der Waals surface area (Å²) in [6, 6.07) is 13.3. The maximum Gasteiger partial charge on any atom is 0.416 e. The highest BCUT2D eigenvalue weighted by Gasteiger charge is 2.34. The van der Waals surface area contributed by atoms with Gasteiger partial charge in [0.15, 0.2) is 0 Å². The minimum Gasteiger partial charge on any atom is -0.340 e. The van der Waals surface area contributed by atoms with E-state index >= 15 is 0 Å². The lowest BCUT2D eigenvalue weighted by Gasteiger charge is -2.28. The van der Waals surface area contributed by atoms with E-state index in [2.05, 4.69) is 24.5 Å². The van der Waals surface area contributed by atoms with Crippen LogP contribution in [0.4, 0.5) is 13.2 Å². The lowest BCUT2D eigenvalue weighted by molar-refractivity contribution is -0.888. The molecule has 0 saturated carbocycles. The van der Waals surface area contributed by atoms with Crippen molar-refractivity contribution in [2.45, 2.75) is 25.6 Å². The normalized spacial score (nSPS) is 15.6. The zero-order valence-electron chi connectivity index (χ0n) is 25.9. The molecule has 14 heteroatoms. The van der Waals surface area contributed by atoms with Crippen molar-refractivity contribution in [3.63, 3.8) is 0 Å². The van der Waals surface area contributed by atoms with Crippen molar-refractivity contribution >= 4 is 11.8 Å². The first-order chi connectivity index (χ1) is 21.7. The molecule has 0 radical (unpaired) electrons. The lowest BCUT2D eigenvalue weighted by Crippen LogP contribution is -2.49. The van der Waals surface area contributed by atoms with Crippen molar-refractivity contribution in [3.05, 3.63) is 87.8 Å². The van der Waals surface area contributed by atoms with Crippen LogP contribution in [0.5, 0.6) is 0 Å². The van der Waals surface area contributed by atoms with Crippen molar-refractivity contribution in [1.82, 2.24) is 29.4 Å². The molecule has 1 atom stereocenters. The summed E-state index contributed by atoms with van der Waals surface area (Å²) in [5.41, 5.74) is -1.06. The Bertz CT molecular complexity index is 1880. The Hall–Kier alpha value is -5.16. The molecule has 3 heterocycles. The highest BCUT2D eigenvalue weighted by atomic mass is 19.4. The predicted octanol–water partition coefficient (Wildman–Crippen LogP) is 3.35. The number of alkyl halides is 3. The fraction of sp³-hybridized carbons (Fsp3) is 0.344. The number of benzene rings is 2. The second-order valence-corrected chi connectivity index (χ2v) is 12.0. The van der Waals surface area contributed by atoms with E-state index < -0.39 is 29.2 Å². The Kier molecular flexibility index (Phi) is 8.64. The molecule has 1 fully saturated rings. The molecule has 2 aromatic carbocycles. The zero-order chi connectivity index (χ0) is 33.4. The van der Waals surface area contributed by atoms with Gasteiger partial charge in [-0.15, -0.1) is 0 Å². The molecule has 1 unspecified atom stereocenters. The van der Waals surface area contributed by atoms with Crippen LogP contribution >= 0.6 is 0 Å². The summed E-state index contributed by atoms with van der Waals surface area (Å²) >= 11 is 0. The van der Waals surface area contributed by atoms with Gasteiger partial charge in [0.25, 0.3) is 11.5 Å². The van der Waals surface area contributed by atoms with Gasteiger partial charge in [-0.05, 0) is 55.5 Å². The highest BCUT2D eigenvalue weighted by molar-refractivity contribution is 6.02. The minimum absolute atomic E-state index is 0.0650. The molecule has 1 N–H and O–H groups in total. The number of quaternary nitrogens is 1. The van der Waals surface area contributed by atoms with E-state index in [4.69, 9.17) is 0 Å². The Morgan fingerprint density at radius 1 is 1.04 bits per heavy atom. The SMILES string of the molecule is CC(NC(=O)c1c(-c2ccnn2-c2ccc(C#N)cc2)n(C)n(-c2cccc(C(F)(F)F)c2)c1=O)C(=O)N1CCC[N+](C)(C)CC1. The van der Waals surface area contributed by atoms with Gasteiger partial charge in [-0.25, -0.2) is 9.36 Å². The van der Waals surface area contributed by atoms with Crippen molar-refractivity contribution in [2.75, 3.05) is 40.3 Å². The first-order valence-electron chi connectivity index (χ1n) is 14.7. The van der Waals surface area contributed by atoms with Gasteiger partial charge < -0.3 is 14.7 Å². The van der Waals surface area contributed by atoms with E-state index in [1.807, 2.05) is 6.07 Å². The van der Waals surface area contributed by atoms with Crippen LogP contribution in [0.15, 0.2) is 65.6 Å². The average molecular weight is 636 g/mol.